The fourth-order valence-electron chi connectivity index (χ4n) is 8.72. The van der Waals surface area contributed by atoms with E-state index >= 15 is 0 Å². The summed E-state index contributed by atoms with van der Waals surface area (Å²) in [5.74, 6) is 0. The van der Waals surface area contributed by atoms with Crippen LogP contribution in [0.3, 0.4) is 0 Å². The normalized spacial score (nSPS) is 20.8. The van der Waals surface area contributed by atoms with Gasteiger partial charge in [-0.3, -0.25) is 0 Å². The second-order valence-corrected chi connectivity index (χ2v) is 14.4. The van der Waals surface area contributed by atoms with E-state index in [1.807, 2.05) is 24.3 Å². The Kier molecular flexibility index (Phi) is 11.4. The highest BCUT2D eigenvalue weighted by atomic mass is 16.2. The molecule has 2 aromatic carbocycles. The van der Waals surface area contributed by atoms with E-state index < -0.39 is 0 Å². The number of carbonyl (C=O) groups excluding carboxylic acids is 2. The van der Waals surface area contributed by atoms with E-state index in [9.17, 15) is 9.59 Å². The summed E-state index contributed by atoms with van der Waals surface area (Å²) in [5, 5.41) is 6.50. The molecule has 6 heteroatoms. The molecule has 2 N–H and O–H groups in total. The topological polar surface area (TPSA) is 64.7 Å². The van der Waals surface area contributed by atoms with Crippen LogP contribution < -0.4 is 10.6 Å². The van der Waals surface area contributed by atoms with Crippen LogP contribution in [0, 0.1) is 0 Å². The second kappa shape index (κ2) is 16.0. The molecule has 45 heavy (non-hydrogen) atoms. The first-order valence-corrected chi connectivity index (χ1v) is 18.5. The minimum absolute atomic E-state index is 0.0877. The molecule has 4 fully saturated rings. The van der Waals surface area contributed by atoms with E-state index in [0.717, 1.165) is 69.2 Å². The minimum atomic E-state index is 0.0877. The number of hydrogen-bond acceptors (Lipinski definition) is 2. The molecule has 2 aromatic rings. The van der Waals surface area contributed by atoms with Crippen LogP contribution in [0.15, 0.2) is 48.5 Å². The highest BCUT2D eigenvalue weighted by Crippen LogP contribution is 2.32. The number of urea groups is 2. The number of benzene rings is 2. The van der Waals surface area contributed by atoms with Crippen molar-refractivity contribution in [2.45, 2.75) is 159 Å². The Hall–Kier alpha value is -3.02. The summed E-state index contributed by atoms with van der Waals surface area (Å²) in [6.45, 7) is 0. The summed E-state index contributed by atoms with van der Waals surface area (Å²) in [6, 6.07) is 18.4. The molecular weight excluding hydrogens is 556 g/mol. The van der Waals surface area contributed by atoms with Crippen LogP contribution in [0.4, 0.5) is 21.0 Å². The van der Waals surface area contributed by atoms with Crippen LogP contribution in [-0.4, -0.2) is 46.0 Å². The van der Waals surface area contributed by atoms with Crippen LogP contribution in [0.2, 0.25) is 0 Å². The lowest BCUT2D eigenvalue weighted by molar-refractivity contribution is 0.113. The van der Waals surface area contributed by atoms with Crippen LogP contribution in [-0.2, 0) is 6.42 Å². The van der Waals surface area contributed by atoms with Gasteiger partial charge < -0.3 is 20.4 Å². The zero-order valence-electron chi connectivity index (χ0n) is 27.5. The van der Waals surface area contributed by atoms with Gasteiger partial charge >= 0.3 is 12.1 Å². The van der Waals surface area contributed by atoms with Crippen LogP contribution >= 0.6 is 0 Å². The fraction of sp³-hybridized carbons (Fsp3) is 0.641. The quantitative estimate of drug-likeness (QED) is 0.311. The van der Waals surface area contributed by atoms with Gasteiger partial charge in [-0.1, -0.05) is 101 Å². The molecule has 0 saturated heterocycles. The molecule has 0 atom stereocenters. The number of anilines is 2. The maximum absolute atomic E-state index is 13.6. The zero-order chi connectivity index (χ0) is 30.8. The molecule has 0 aromatic heterocycles. The van der Waals surface area contributed by atoms with Crippen molar-refractivity contribution in [2.24, 2.45) is 0 Å². The van der Waals surface area contributed by atoms with E-state index in [-0.39, 0.29) is 12.1 Å². The lowest BCUT2D eigenvalue weighted by Gasteiger charge is -2.41. The monoisotopic (exact) mass is 612 g/mol. The van der Waals surface area contributed by atoms with Crippen LogP contribution in [0.1, 0.15) is 140 Å². The molecule has 0 radical (unpaired) electrons. The van der Waals surface area contributed by atoms with Gasteiger partial charge in [0.15, 0.2) is 0 Å². The van der Waals surface area contributed by atoms with Crippen LogP contribution in [0.5, 0.6) is 0 Å². The first kappa shape index (κ1) is 31.9. The van der Waals surface area contributed by atoms with Gasteiger partial charge in [0.25, 0.3) is 0 Å². The van der Waals surface area contributed by atoms with Gasteiger partial charge in [-0.2, -0.15) is 0 Å². The summed E-state index contributed by atoms with van der Waals surface area (Å²) in [4.78, 5) is 31.7. The molecule has 4 amide bonds. The molecule has 6 rings (SSSR count). The molecule has 4 saturated carbocycles. The minimum Gasteiger partial charge on any atom is -0.319 e. The third-order valence-electron chi connectivity index (χ3n) is 11.2. The van der Waals surface area contributed by atoms with Crippen molar-refractivity contribution in [3.63, 3.8) is 0 Å². The summed E-state index contributed by atoms with van der Waals surface area (Å²) in [6.07, 6.45) is 25.1. The van der Waals surface area contributed by atoms with E-state index in [2.05, 4.69) is 44.7 Å². The van der Waals surface area contributed by atoms with E-state index in [4.69, 9.17) is 0 Å². The average Bonchev–Trinajstić information content (AvgIpc) is 3.09. The number of nitrogens with zero attached hydrogens (tertiary/aromatic N) is 2. The SMILES string of the molecule is O=C(Nc1ccc(Cc2ccc(NC(=O)N(C3CCCCC3)C3CCCCC3)cc2)cc1)N(C1CCCCC1)C1CCCCC1. The highest BCUT2D eigenvalue weighted by Gasteiger charge is 2.34. The van der Waals surface area contributed by atoms with Gasteiger partial charge in [-0.05, 0) is 93.2 Å². The van der Waals surface area contributed by atoms with Crippen LogP contribution in [0.25, 0.3) is 0 Å². The maximum Gasteiger partial charge on any atom is 0.322 e. The Morgan fingerprint density at radius 1 is 0.444 bits per heavy atom. The first-order valence-electron chi connectivity index (χ1n) is 18.5. The van der Waals surface area contributed by atoms with Gasteiger partial charge in [-0.15, -0.1) is 0 Å². The molecule has 4 aliphatic rings. The molecule has 0 aliphatic heterocycles. The Bertz CT molecular complexity index is 1070. The van der Waals surface area contributed by atoms with Crippen molar-refractivity contribution in [1.29, 1.82) is 0 Å². The molecule has 0 unspecified atom stereocenters. The Morgan fingerprint density at radius 2 is 0.711 bits per heavy atom. The van der Waals surface area contributed by atoms with Gasteiger partial charge in [0.1, 0.15) is 0 Å². The summed E-state index contributed by atoms with van der Waals surface area (Å²) in [7, 11) is 0. The molecule has 0 bridgehead atoms. The van der Waals surface area contributed by atoms with Gasteiger partial charge in [0.2, 0.25) is 0 Å². The smallest absolute Gasteiger partial charge is 0.319 e. The number of carbonyl (C=O) groups is 2. The van der Waals surface area contributed by atoms with Crippen molar-refractivity contribution in [2.75, 3.05) is 10.6 Å². The third kappa shape index (κ3) is 8.62. The maximum atomic E-state index is 13.6. The summed E-state index contributed by atoms with van der Waals surface area (Å²) >= 11 is 0. The molecule has 0 heterocycles. The molecule has 0 spiro atoms. The lowest BCUT2D eigenvalue weighted by Crippen LogP contribution is -2.50. The van der Waals surface area contributed by atoms with E-state index in [0.29, 0.717) is 24.2 Å². The van der Waals surface area contributed by atoms with Gasteiger partial charge in [-0.25, -0.2) is 9.59 Å². The molecule has 4 aliphatic carbocycles. The summed E-state index contributed by atoms with van der Waals surface area (Å²) in [5.41, 5.74) is 4.17. The van der Waals surface area contributed by atoms with Gasteiger partial charge in [0, 0.05) is 35.5 Å². The number of nitrogens with one attached hydrogen (secondary N) is 2. The average molecular weight is 613 g/mol. The van der Waals surface area contributed by atoms with Crippen molar-refractivity contribution in [3.8, 4) is 0 Å². The van der Waals surface area contributed by atoms with Gasteiger partial charge in [0.05, 0.1) is 0 Å². The third-order valence-corrected chi connectivity index (χ3v) is 11.2. The van der Waals surface area contributed by atoms with E-state index in [1.54, 1.807) is 0 Å². The summed E-state index contributed by atoms with van der Waals surface area (Å²) < 4.78 is 0. The number of hydrogen-bond donors (Lipinski definition) is 2. The van der Waals surface area contributed by atoms with Crippen molar-refractivity contribution in [1.82, 2.24) is 9.80 Å². The standard InChI is InChI=1S/C39H56N4O2/c44-38(42(34-13-5-1-6-14-34)35-15-7-2-8-16-35)40-32-25-21-30(22-26-32)29-31-23-27-33(28-24-31)41-39(45)43(36-17-9-3-10-18-36)37-19-11-4-12-20-37/h21-28,34-37H,1-20,29H2,(H,40,44)(H,41,45). The number of rotatable bonds is 8. The Morgan fingerprint density at radius 3 is 0.978 bits per heavy atom. The van der Waals surface area contributed by atoms with Crippen molar-refractivity contribution < 1.29 is 9.59 Å². The predicted molar refractivity (Wildman–Crippen MR) is 185 cm³/mol. The van der Waals surface area contributed by atoms with Crippen molar-refractivity contribution >= 4 is 23.4 Å². The highest BCUT2D eigenvalue weighted by molar-refractivity contribution is 5.90. The fourth-order valence-corrected chi connectivity index (χ4v) is 8.72. The molecule has 244 valence electrons. The predicted octanol–water partition coefficient (Wildman–Crippen LogP) is 10.3. The zero-order valence-corrected chi connectivity index (χ0v) is 27.5. The molecular formula is C39H56N4O2. The second-order valence-electron chi connectivity index (χ2n) is 14.4. The lowest BCUT2D eigenvalue weighted by atomic mass is 9.89. The Balaban J connectivity index is 1.04. The molecule has 6 nitrogen and oxygen atoms in total. The number of amides is 4. The Labute approximate surface area is 271 Å². The van der Waals surface area contributed by atoms with E-state index in [1.165, 1.54) is 88.2 Å². The van der Waals surface area contributed by atoms with Crippen molar-refractivity contribution in [3.05, 3.63) is 59.7 Å². The largest absolute Gasteiger partial charge is 0.322 e. The first-order chi connectivity index (χ1) is 22.1.